The van der Waals surface area contributed by atoms with Crippen molar-refractivity contribution in [1.82, 2.24) is 0 Å². The predicted octanol–water partition coefficient (Wildman–Crippen LogP) is 2.72. The minimum Gasteiger partial charge on any atom is -0.330 e. The lowest BCUT2D eigenvalue weighted by Crippen LogP contribution is -1.97. The van der Waals surface area contributed by atoms with Gasteiger partial charge in [0.25, 0.3) is 0 Å². The van der Waals surface area contributed by atoms with Gasteiger partial charge in [-0.1, -0.05) is 31.9 Å². The van der Waals surface area contributed by atoms with Gasteiger partial charge in [-0.2, -0.15) is 0 Å². The molecule has 0 aromatic heterocycles. The summed E-state index contributed by atoms with van der Waals surface area (Å²) in [5.41, 5.74) is 6.89. The summed E-state index contributed by atoms with van der Waals surface area (Å²) in [7, 11) is 0. The van der Waals surface area contributed by atoms with Gasteiger partial charge in [-0.25, -0.2) is 0 Å². The summed E-state index contributed by atoms with van der Waals surface area (Å²) < 4.78 is 0. The van der Waals surface area contributed by atoms with Crippen LogP contribution in [0.2, 0.25) is 0 Å². The summed E-state index contributed by atoms with van der Waals surface area (Å²) in [5, 5.41) is 0. The zero-order valence-electron chi connectivity index (χ0n) is 8.06. The predicted molar refractivity (Wildman–Crippen MR) is 51.5 cm³/mol. The third-order valence-electron chi connectivity index (χ3n) is 2.03. The molecule has 0 radical (unpaired) electrons. The molecule has 1 nitrogen and oxygen atoms in total. The minimum atomic E-state index is 0.776. The lowest BCUT2D eigenvalue weighted by Gasteiger charge is -2.07. The third kappa shape index (κ3) is 6.11. The molecule has 1 heteroatoms. The maximum Gasteiger partial charge on any atom is -0.00425 e. The van der Waals surface area contributed by atoms with E-state index in [0.29, 0.717) is 0 Å². The van der Waals surface area contributed by atoms with Crippen molar-refractivity contribution in [2.24, 2.45) is 11.7 Å². The van der Waals surface area contributed by atoms with E-state index in [2.05, 4.69) is 26.8 Å². The Morgan fingerprint density at radius 3 is 2.64 bits per heavy atom. The van der Waals surface area contributed by atoms with Crippen LogP contribution in [0.3, 0.4) is 0 Å². The topological polar surface area (TPSA) is 26.0 Å². The summed E-state index contributed by atoms with van der Waals surface area (Å²) in [6.45, 7) is 7.50. The molecule has 1 atom stereocenters. The van der Waals surface area contributed by atoms with E-state index in [1.165, 1.54) is 18.4 Å². The summed E-state index contributed by atoms with van der Waals surface area (Å²) in [6.07, 6.45) is 5.79. The molecule has 0 aliphatic carbocycles. The normalized spacial score (nSPS) is 15.1. The largest absolute Gasteiger partial charge is 0.330 e. The Morgan fingerprint density at radius 2 is 2.18 bits per heavy atom. The van der Waals surface area contributed by atoms with Gasteiger partial charge in [-0.05, 0) is 32.2 Å². The van der Waals surface area contributed by atoms with Crippen LogP contribution in [0.4, 0.5) is 0 Å². The van der Waals surface area contributed by atoms with Gasteiger partial charge in [0.15, 0.2) is 0 Å². The van der Waals surface area contributed by atoms with Gasteiger partial charge in [-0.3, -0.25) is 0 Å². The van der Waals surface area contributed by atoms with E-state index in [-0.39, 0.29) is 0 Å². The first-order chi connectivity index (χ1) is 5.20. The second-order valence-corrected chi connectivity index (χ2v) is 3.35. The van der Waals surface area contributed by atoms with Crippen molar-refractivity contribution in [2.75, 3.05) is 6.54 Å². The van der Waals surface area contributed by atoms with Crippen molar-refractivity contribution in [1.29, 1.82) is 0 Å². The van der Waals surface area contributed by atoms with Crippen molar-refractivity contribution in [3.05, 3.63) is 11.6 Å². The molecule has 0 saturated carbocycles. The van der Waals surface area contributed by atoms with Crippen LogP contribution in [0.1, 0.15) is 40.0 Å². The van der Waals surface area contributed by atoms with Crippen LogP contribution in [0, 0.1) is 5.92 Å². The van der Waals surface area contributed by atoms with Gasteiger partial charge < -0.3 is 5.73 Å². The van der Waals surface area contributed by atoms with Crippen molar-refractivity contribution in [2.45, 2.75) is 40.0 Å². The SMILES string of the molecule is CCC(C)CC(C)=CCCN. The fourth-order valence-electron chi connectivity index (χ4n) is 1.11. The highest BCUT2D eigenvalue weighted by molar-refractivity contribution is 4.98. The smallest absolute Gasteiger partial charge is 0.00425 e. The van der Waals surface area contributed by atoms with E-state index in [1.807, 2.05) is 0 Å². The number of hydrogen-bond acceptors (Lipinski definition) is 1. The van der Waals surface area contributed by atoms with E-state index in [4.69, 9.17) is 5.73 Å². The Morgan fingerprint density at radius 1 is 1.55 bits per heavy atom. The van der Waals surface area contributed by atoms with E-state index in [1.54, 1.807) is 0 Å². The van der Waals surface area contributed by atoms with Crippen LogP contribution in [0.5, 0.6) is 0 Å². The van der Waals surface area contributed by atoms with Gasteiger partial charge in [0.05, 0.1) is 0 Å². The first-order valence-electron chi connectivity index (χ1n) is 4.56. The molecule has 66 valence electrons. The van der Waals surface area contributed by atoms with Crippen LogP contribution in [0.15, 0.2) is 11.6 Å². The molecule has 0 rings (SSSR count). The second-order valence-electron chi connectivity index (χ2n) is 3.35. The van der Waals surface area contributed by atoms with E-state index < -0.39 is 0 Å². The van der Waals surface area contributed by atoms with Crippen LogP contribution in [0.25, 0.3) is 0 Å². The summed E-state index contributed by atoms with van der Waals surface area (Å²) in [4.78, 5) is 0. The highest BCUT2D eigenvalue weighted by Gasteiger charge is 1.98. The molecule has 0 heterocycles. The molecule has 0 amide bonds. The average Bonchev–Trinajstić information content (AvgIpc) is 2.00. The number of nitrogens with two attached hydrogens (primary N) is 1. The lowest BCUT2D eigenvalue weighted by atomic mass is 9.99. The van der Waals surface area contributed by atoms with Gasteiger partial charge in [0.2, 0.25) is 0 Å². The fraction of sp³-hybridized carbons (Fsp3) is 0.800. The molecule has 0 aliphatic heterocycles. The zero-order valence-corrected chi connectivity index (χ0v) is 8.06. The van der Waals surface area contributed by atoms with E-state index in [9.17, 15) is 0 Å². The third-order valence-corrected chi connectivity index (χ3v) is 2.03. The molecule has 0 aromatic rings. The average molecular weight is 155 g/mol. The molecule has 2 N–H and O–H groups in total. The molecule has 0 fully saturated rings. The molecular formula is C10H21N. The Bertz CT molecular complexity index is 116. The molecule has 0 spiro atoms. The van der Waals surface area contributed by atoms with Crippen LogP contribution >= 0.6 is 0 Å². The van der Waals surface area contributed by atoms with E-state index >= 15 is 0 Å². The second kappa shape index (κ2) is 6.41. The Hall–Kier alpha value is -0.300. The number of hydrogen-bond donors (Lipinski definition) is 1. The Labute approximate surface area is 70.7 Å². The first-order valence-corrected chi connectivity index (χ1v) is 4.56. The maximum atomic E-state index is 5.40. The number of allylic oxidation sites excluding steroid dienone is 1. The molecular weight excluding hydrogens is 134 g/mol. The lowest BCUT2D eigenvalue weighted by molar-refractivity contribution is 0.556. The van der Waals surface area contributed by atoms with Gasteiger partial charge in [0, 0.05) is 0 Å². The standard InChI is InChI=1S/C10H21N/c1-4-9(2)8-10(3)6-5-7-11/h6,9H,4-5,7-8,11H2,1-3H3. The van der Waals surface area contributed by atoms with Crippen molar-refractivity contribution < 1.29 is 0 Å². The summed E-state index contributed by atoms with van der Waals surface area (Å²) >= 11 is 0. The van der Waals surface area contributed by atoms with Crippen molar-refractivity contribution in [3.63, 3.8) is 0 Å². The molecule has 0 aromatic carbocycles. The highest BCUT2D eigenvalue weighted by Crippen LogP contribution is 2.13. The van der Waals surface area contributed by atoms with Gasteiger partial charge in [0.1, 0.15) is 0 Å². The van der Waals surface area contributed by atoms with Crippen LogP contribution in [-0.4, -0.2) is 6.54 Å². The summed E-state index contributed by atoms with van der Waals surface area (Å²) in [5.74, 6) is 0.823. The summed E-state index contributed by atoms with van der Waals surface area (Å²) in [6, 6.07) is 0. The van der Waals surface area contributed by atoms with Crippen LogP contribution in [-0.2, 0) is 0 Å². The molecule has 0 bridgehead atoms. The molecule has 0 saturated heterocycles. The molecule has 0 aliphatic rings. The minimum absolute atomic E-state index is 0.776. The monoisotopic (exact) mass is 155 g/mol. The first kappa shape index (κ1) is 10.7. The van der Waals surface area contributed by atoms with E-state index in [0.717, 1.165) is 18.9 Å². The highest BCUT2D eigenvalue weighted by atomic mass is 14.5. The molecule has 11 heavy (non-hydrogen) atoms. The molecule has 1 unspecified atom stereocenters. The zero-order chi connectivity index (χ0) is 8.69. The van der Waals surface area contributed by atoms with Crippen molar-refractivity contribution in [3.8, 4) is 0 Å². The quantitative estimate of drug-likeness (QED) is 0.607. The fourth-order valence-corrected chi connectivity index (χ4v) is 1.11. The van der Waals surface area contributed by atoms with Gasteiger partial charge >= 0.3 is 0 Å². The Kier molecular flexibility index (Phi) is 6.24. The number of rotatable bonds is 5. The van der Waals surface area contributed by atoms with Crippen LogP contribution < -0.4 is 5.73 Å². The van der Waals surface area contributed by atoms with Crippen molar-refractivity contribution >= 4 is 0 Å². The Balaban J connectivity index is 3.57. The van der Waals surface area contributed by atoms with Gasteiger partial charge in [-0.15, -0.1) is 0 Å². The maximum absolute atomic E-state index is 5.40.